The Morgan fingerprint density at radius 3 is 2.63 bits per heavy atom. The van der Waals surface area contributed by atoms with E-state index in [1.807, 2.05) is 0 Å². The van der Waals surface area contributed by atoms with E-state index in [0.717, 1.165) is 0 Å². The highest BCUT2D eigenvalue weighted by atomic mass is 79.9. The molecule has 7 heteroatoms. The summed E-state index contributed by atoms with van der Waals surface area (Å²) in [5.41, 5.74) is 0.160. The number of benzene rings is 1. The second-order valence-corrected chi connectivity index (χ2v) is 7.22. The first-order chi connectivity index (χ1) is 8.85. The molecule has 0 spiro atoms. The third-order valence-electron chi connectivity index (χ3n) is 2.48. The second kappa shape index (κ2) is 6.91. The number of carboxylic acid groups (broad SMARTS) is 1. The summed E-state index contributed by atoms with van der Waals surface area (Å²) in [6.45, 7) is 1.88. The van der Waals surface area contributed by atoms with E-state index >= 15 is 0 Å². The minimum Gasteiger partial charge on any atom is -0.492 e. The van der Waals surface area contributed by atoms with Crippen molar-refractivity contribution in [3.8, 4) is 5.75 Å². The summed E-state index contributed by atoms with van der Waals surface area (Å²) in [6, 6.07) is 4.42. The lowest BCUT2D eigenvalue weighted by molar-refractivity contribution is 0.0696. The molecule has 0 aliphatic carbocycles. The third kappa shape index (κ3) is 5.20. The van der Waals surface area contributed by atoms with E-state index in [0.29, 0.717) is 16.6 Å². The Balaban J connectivity index is 2.53. The Labute approximate surface area is 120 Å². The highest BCUT2D eigenvalue weighted by Crippen LogP contribution is 2.26. The zero-order valence-electron chi connectivity index (χ0n) is 10.4. The van der Waals surface area contributed by atoms with Gasteiger partial charge in [0.25, 0.3) is 0 Å². The number of rotatable bonds is 7. The fraction of sp³-hybridized carbons (Fsp3) is 0.417. The van der Waals surface area contributed by atoms with Gasteiger partial charge in [0.1, 0.15) is 15.6 Å². The Hall–Kier alpha value is -1.08. The first-order valence-corrected chi connectivity index (χ1v) is 8.33. The summed E-state index contributed by atoms with van der Waals surface area (Å²) in [7, 11) is -2.97. The molecular formula is C12H15BrO5S. The van der Waals surface area contributed by atoms with Crippen LogP contribution in [0.4, 0.5) is 0 Å². The van der Waals surface area contributed by atoms with Gasteiger partial charge in [-0.05, 0) is 40.5 Å². The second-order valence-electron chi connectivity index (χ2n) is 3.89. The molecule has 0 fully saturated rings. The summed E-state index contributed by atoms with van der Waals surface area (Å²) < 4.78 is 28.5. The van der Waals surface area contributed by atoms with Crippen LogP contribution in [-0.2, 0) is 9.84 Å². The van der Waals surface area contributed by atoms with Gasteiger partial charge in [-0.2, -0.15) is 0 Å². The normalized spacial score (nSPS) is 11.3. The van der Waals surface area contributed by atoms with Crippen molar-refractivity contribution in [2.45, 2.75) is 13.3 Å². The van der Waals surface area contributed by atoms with Gasteiger partial charge < -0.3 is 9.84 Å². The van der Waals surface area contributed by atoms with Gasteiger partial charge in [0.2, 0.25) is 0 Å². The van der Waals surface area contributed by atoms with E-state index in [-0.39, 0.29) is 23.7 Å². The topological polar surface area (TPSA) is 80.7 Å². The lowest BCUT2D eigenvalue weighted by Crippen LogP contribution is -2.12. The predicted molar refractivity (Wildman–Crippen MR) is 75.5 cm³/mol. The molecule has 0 amide bonds. The van der Waals surface area contributed by atoms with Gasteiger partial charge in [-0.3, -0.25) is 0 Å². The number of carboxylic acids is 1. The van der Waals surface area contributed by atoms with Gasteiger partial charge in [-0.15, -0.1) is 0 Å². The number of aromatic carboxylic acids is 1. The number of ether oxygens (including phenoxy) is 1. The molecule has 0 saturated carbocycles. The molecule has 0 bridgehead atoms. The monoisotopic (exact) mass is 350 g/mol. The molecule has 5 nitrogen and oxygen atoms in total. The lowest BCUT2D eigenvalue weighted by atomic mass is 10.2. The van der Waals surface area contributed by atoms with E-state index in [1.54, 1.807) is 13.0 Å². The largest absolute Gasteiger partial charge is 0.492 e. The van der Waals surface area contributed by atoms with Crippen molar-refractivity contribution in [2.75, 3.05) is 18.1 Å². The zero-order chi connectivity index (χ0) is 14.5. The fourth-order valence-electron chi connectivity index (χ4n) is 1.36. The first-order valence-electron chi connectivity index (χ1n) is 5.72. The van der Waals surface area contributed by atoms with Crippen molar-refractivity contribution >= 4 is 31.7 Å². The van der Waals surface area contributed by atoms with Crippen molar-refractivity contribution in [3.63, 3.8) is 0 Å². The molecule has 1 rings (SSSR count). The molecule has 1 aromatic carbocycles. The van der Waals surface area contributed by atoms with Crippen LogP contribution in [0.5, 0.6) is 5.75 Å². The molecule has 106 valence electrons. The lowest BCUT2D eigenvalue weighted by Gasteiger charge is -2.08. The Morgan fingerprint density at radius 2 is 2.11 bits per heavy atom. The number of hydrogen-bond acceptors (Lipinski definition) is 4. The molecule has 0 atom stereocenters. The van der Waals surface area contributed by atoms with Crippen molar-refractivity contribution in [1.82, 2.24) is 0 Å². The smallest absolute Gasteiger partial charge is 0.335 e. The number of halogens is 1. The first kappa shape index (κ1) is 16.0. The maximum absolute atomic E-state index is 11.3. The van der Waals surface area contributed by atoms with Crippen molar-refractivity contribution in [1.29, 1.82) is 0 Å². The van der Waals surface area contributed by atoms with Gasteiger partial charge in [-0.1, -0.05) is 6.92 Å². The minimum atomic E-state index is -2.97. The number of carbonyl (C=O) groups is 1. The molecule has 0 radical (unpaired) electrons. The van der Waals surface area contributed by atoms with E-state index in [9.17, 15) is 13.2 Å². The summed E-state index contributed by atoms with van der Waals surface area (Å²) >= 11 is 3.21. The van der Waals surface area contributed by atoms with Crippen molar-refractivity contribution in [2.24, 2.45) is 0 Å². The van der Waals surface area contributed by atoms with Crippen LogP contribution >= 0.6 is 15.9 Å². The fourth-order valence-corrected chi connectivity index (χ4v) is 2.70. The van der Waals surface area contributed by atoms with Crippen LogP contribution in [0.15, 0.2) is 22.7 Å². The Bertz CT molecular complexity index is 553. The SMILES string of the molecule is CCS(=O)(=O)CCCOc1ccc(C(=O)O)cc1Br. The number of sulfone groups is 1. The predicted octanol–water partition coefficient (Wildman–Crippen LogP) is 2.35. The molecule has 0 aliphatic rings. The summed E-state index contributed by atoms with van der Waals surface area (Å²) in [5, 5.41) is 8.80. The highest BCUT2D eigenvalue weighted by molar-refractivity contribution is 9.10. The van der Waals surface area contributed by atoms with Crippen LogP contribution in [0.25, 0.3) is 0 Å². The molecule has 0 saturated heterocycles. The van der Waals surface area contributed by atoms with Gasteiger partial charge in [0.15, 0.2) is 0 Å². The maximum atomic E-state index is 11.3. The van der Waals surface area contributed by atoms with Gasteiger partial charge in [0, 0.05) is 5.75 Å². The summed E-state index contributed by atoms with van der Waals surface area (Å²) in [4.78, 5) is 10.7. The van der Waals surface area contributed by atoms with Crippen LogP contribution in [0.2, 0.25) is 0 Å². The van der Waals surface area contributed by atoms with Crippen LogP contribution in [0.3, 0.4) is 0 Å². The number of hydrogen-bond donors (Lipinski definition) is 1. The van der Waals surface area contributed by atoms with Gasteiger partial charge >= 0.3 is 5.97 Å². The summed E-state index contributed by atoms with van der Waals surface area (Å²) in [5.74, 6) is -0.293. The maximum Gasteiger partial charge on any atom is 0.335 e. The Morgan fingerprint density at radius 1 is 1.42 bits per heavy atom. The van der Waals surface area contributed by atoms with Crippen molar-refractivity contribution < 1.29 is 23.1 Å². The molecule has 1 N–H and O–H groups in total. The quantitative estimate of drug-likeness (QED) is 0.763. The standard InChI is InChI=1S/C12H15BrO5S/c1-2-19(16,17)7-3-6-18-11-5-4-9(12(14)15)8-10(11)13/h4-5,8H,2-3,6-7H2,1H3,(H,14,15). The van der Waals surface area contributed by atoms with Crippen LogP contribution in [-0.4, -0.2) is 37.6 Å². The van der Waals surface area contributed by atoms with E-state index in [1.165, 1.54) is 12.1 Å². The van der Waals surface area contributed by atoms with Crippen LogP contribution < -0.4 is 4.74 Å². The molecular weight excluding hydrogens is 336 g/mol. The zero-order valence-corrected chi connectivity index (χ0v) is 12.8. The Kier molecular flexibility index (Phi) is 5.81. The van der Waals surface area contributed by atoms with Gasteiger partial charge in [-0.25, -0.2) is 13.2 Å². The molecule has 19 heavy (non-hydrogen) atoms. The summed E-state index contributed by atoms with van der Waals surface area (Å²) in [6.07, 6.45) is 0.406. The average molecular weight is 351 g/mol. The van der Waals surface area contributed by atoms with Crippen LogP contribution in [0.1, 0.15) is 23.7 Å². The average Bonchev–Trinajstić information content (AvgIpc) is 2.36. The molecule has 0 unspecified atom stereocenters. The van der Waals surface area contributed by atoms with Crippen LogP contribution in [0, 0.1) is 0 Å². The third-order valence-corrected chi connectivity index (χ3v) is 4.89. The van der Waals surface area contributed by atoms with Crippen molar-refractivity contribution in [3.05, 3.63) is 28.2 Å². The molecule has 0 heterocycles. The highest BCUT2D eigenvalue weighted by Gasteiger charge is 2.09. The molecule has 0 aromatic heterocycles. The van der Waals surface area contributed by atoms with E-state index < -0.39 is 15.8 Å². The molecule has 0 aliphatic heterocycles. The van der Waals surface area contributed by atoms with Gasteiger partial charge in [0.05, 0.1) is 22.4 Å². The van der Waals surface area contributed by atoms with E-state index in [4.69, 9.17) is 9.84 Å². The van der Waals surface area contributed by atoms with E-state index in [2.05, 4.69) is 15.9 Å². The minimum absolute atomic E-state index is 0.0916. The molecule has 1 aromatic rings.